The van der Waals surface area contributed by atoms with E-state index >= 15 is 0 Å². The molecule has 1 atom stereocenters. The number of benzene rings is 1. The van der Waals surface area contributed by atoms with Gasteiger partial charge >= 0.3 is 0 Å². The number of carbonyl (C=O) groups excluding carboxylic acids is 1. The van der Waals surface area contributed by atoms with Gasteiger partial charge in [0.05, 0.1) is 12.2 Å². The van der Waals surface area contributed by atoms with Crippen molar-refractivity contribution in [3.05, 3.63) is 46.5 Å². The van der Waals surface area contributed by atoms with Crippen molar-refractivity contribution < 1.29 is 9.90 Å². The molecule has 1 heterocycles. The van der Waals surface area contributed by atoms with Gasteiger partial charge < -0.3 is 10.4 Å². The second-order valence-corrected chi connectivity index (χ2v) is 5.26. The Hall–Kier alpha value is -1.79. The van der Waals surface area contributed by atoms with Crippen LogP contribution in [0.2, 0.25) is 0 Å². The molecule has 0 spiro atoms. The van der Waals surface area contributed by atoms with Crippen LogP contribution < -0.4 is 5.32 Å². The molecule has 2 aromatic rings. The Balaban J connectivity index is 2.03. The lowest BCUT2D eigenvalue weighted by Gasteiger charge is -2.24. The zero-order valence-corrected chi connectivity index (χ0v) is 11.6. The third kappa shape index (κ3) is 3.15. The molecule has 0 aliphatic carbocycles. The quantitative estimate of drug-likeness (QED) is 0.887. The lowest BCUT2D eigenvalue weighted by Crippen LogP contribution is -2.38. The topological polar surface area (TPSA) is 75.1 Å². The summed E-state index contributed by atoms with van der Waals surface area (Å²) in [4.78, 5) is 12.4. The zero-order chi connectivity index (χ0) is 13.9. The van der Waals surface area contributed by atoms with Gasteiger partial charge in [-0.2, -0.15) is 0 Å². The van der Waals surface area contributed by atoms with Crippen LogP contribution in [0.1, 0.15) is 27.9 Å². The number of aliphatic hydroxyl groups is 1. The van der Waals surface area contributed by atoms with Crippen molar-refractivity contribution in [2.24, 2.45) is 0 Å². The third-order valence-corrected chi connectivity index (χ3v) is 3.67. The molecule has 2 rings (SSSR count). The number of nitrogens with one attached hydrogen (secondary N) is 1. The van der Waals surface area contributed by atoms with Crippen molar-refractivity contribution in [2.75, 3.05) is 6.54 Å². The molecule has 0 bridgehead atoms. The fourth-order valence-electron chi connectivity index (χ4n) is 1.67. The maximum absolute atomic E-state index is 11.9. The maximum Gasteiger partial charge on any atom is 0.265 e. The molecule has 2 N–H and O–H groups in total. The smallest absolute Gasteiger partial charge is 0.265 e. The number of rotatable bonds is 4. The first kappa shape index (κ1) is 13.6. The van der Waals surface area contributed by atoms with Gasteiger partial charge in [0.15, 0.2) is 0 Å². The van der Waals surface area contributed by atoms with Crippen molar-refractivity contribution in [1.29, 1.82) is 0 Å². The summed E-state index contributed by atoms with van der Waals surface area (Å²) in [5, 5.41) is 16.9. The molecule has 0 unspecified atom stereocenters. The van der Waals surface area contributed by atoms with Gasteiger partial charge in [-0.3, -0.25) is 4.79 Å². The van der Waals surface area contributed by atoms with Crippen LogP contribution in [0.5, 0.6) is 0 Å². The molecule has 5 nitrogen and oxygen atoms in total. The average molecular weight is 277 g/mol. The van der Waals surface area contributed by atoms with E-state index < -0.39 is 5.60 Å². The average Bonchev–Trinajstić information content (AvgIpc) is 2.83. The Morgan fingerprint density at radius 2 is 2.11 bits per heavy atom. The van der Waals surface area contributed by atoms with Crippen LogP contribution in [0.15, 0.2) is 30.3 Å². The van der Waals surface area contributed by atoms with Crippen molar-refractivity contribution in [3.63, 3.8) is 0 Å². The fourth-order valence-corrected chi connectivity index (χ4v) is 2.24. The molecule has 1 aromatic heterocycles. The van der Waals surface area contributed by atoms with Crippen molar-refractivity contribution in [1.82, 2.24) is 14.9 Å². The van der Waals surface area contributed by atoms with E-state index in [-0.39, 0.29) is 12.5 Å². The summed E-state index contributed by atoms with van der Waals surface area (Å²) in [6, 6.07) is 9.23. The predicted molar refractivity (Wildman–Crippen MR) is 73.0 cm³/mol. The summed E-state index contributed by atoms with van der Waals surface area (Å²) in [7, 11) is 0. The van der Waals surface area contributed by atoms with E-state index in [1.807, 2.05) is 30.3 Å². The number of hydrogen-bond acceptors (Lipinski definition) is 5. The van der Waals surface area contributed by atoms with E-state index in [0.717, 1.165) is 17.1 Å². The molecule has 19 heavy (non-hydrogen) atoms. The SMILES string of the molecule is Cc1nnsc1C(=O)NC[C@@](C)(O)c1ccccc1. The Kier molecular flexibility index (Phi) is 3.92. The van der Waals surface area contributed by atoms with E-state index in [2.05, 4.69) is 14.9 Å². The molecule has 1 aromatic carbocycles. The predicted octanol–water partition coefficient (Wildman–Crippen LogP) is 1.48. The molecular formula is C13H15N3O2S. The molecule has 100 valence electrons. The zero-order valence-electron chi connectivity index (χ0n) is 10.8. The van der Waals surface area contributed by atoms with E-state index in [9.17, 15) is 9.90 Å². The van der Waals surface area contributed by atoms with Gasteiger partial charge in [0, 0.05) is 0 Å². The van der Waals surface area contributed by atoms with Crippen LogP contribution in [0, 0.1) is 6.92 Å². The monoisotopic (exact) mass is 277 g/mol. The van der Waals surface area contributed by atoms with Crippen molar-refractivity contribution >= 4 is 17.4 Å². The molecule has 0 fully saturated rings. The number of carbonyl (C=O) groups is 1. The highest BCUT2D eigenvalue weighted by molar-refractivity contribution is 7.07. The second-order valence-electron chi connectivity index (χ2n) is 4.51. The second kappa shape index (κ2) is 5.46. The third-order valence-electron chi connectivity index (χ3n) is 2.85. The Morgan fingerprint density at radius 1 is 1.42 bits per heavy atom. The first-order valence-electron chi connectivity index (χ1n) is 5.86. The van der Waals surface area contributed by atoms with Gasteiger partial charge in [-0.1, -0.05) is 34.8 Å². The maximum atomic E-state index is 11.9. The van der Waals surface area contributed by atoms with Gasteiger partial charge in [-0.15, -0.1) is 5.10 Å². The van der Waals surface area contributed by atoms with E-state index in [1.54, 1.807) is 13.8 Å². The van der Waals surface area contributed by atoms with E-state index in [4.69, 9.17) is 0 Å². The Bertz CT molecular complexity index is 566. The number of nitrogens with zero attached hydrogens (tertiary/aromatic N) is 2. The largest absolute Gasteiger partial charge is 0.384 e. The molecule has 1 amide bonds. The van der Waals surface area contributed by atoms with Gasteiger partial charge in [0.2, 0.25) is 0 Å². The van der Waals surface area contributed by atoms with Gasteiger partial charge in [-0.05, 0) is 30.9 Å². The van der Waals surface area contributed by atoms with Gasteiger partial charge in [0.1, 0.15) is 10.5 Å². The summed E-state index contributed by atoms with van der Waals surface area (Å²) < 4.78 is 3.71. The number of amides is 1. The first-order chi connectivity index (χ1) is 9.00. The minimum Gasteiger partial charge on any atom is -0.384 e. The minimum atomic E-state index is -1.11. The van der Waals surface area contributed by atoms with Crippen LogP contribution in [0.4, 0.5) is 0 Å². The van der Waals surface area contributed by atoms with Crippen LogP contribution in [-0.2, 0) is 5.60 Å². The van der Waals surface area contributed by atoms with Crippen molar-refractivity contribution in [2.45, 2.75) is 19.4 Å². The van der Waals surface area contributed by atoms with E-state index in [1.165, 1.54) is 0 Å². The lowest BCUT2D eigenvalue weighted by molar-refractivity contribution is 0.0527. The summed E-state index contributed by atoms with van der Waals surface area (Å²) in [5.41, 5.74) is 0.249. The summed E-state index contributed by atoms with van der Waals surface area (Å²) in [5.74, 6) is -0.260. The molecule has 0 aliphatic rings. The normalized spacial score (nSPS) is 13.8. The van der Waals surface area contributed by atoms with Crippen LogP contribution >= 0.6 is 11.5 Å². The van der Waals surface area contributed by atoms with E-state index in [0.29, 0.717) is 10.6 Å². The van der Waals surface area contributed by atoms with Crippen molar-refractivity contribution in [3.8, 4) is 0 Å². The van der Waals surface area contributed by atoms with Crippen LogP contribution in [0.3, 0.4) is 0 Å². The standard InChI is InChI=1S/C13H15N3O2S/c1-9-11(19-16-15-9)12(17)14-8-13(2,18)10-6-4-3-5-7-10/h3-7,18H,8H2,1-2H3,(H,14,17)/t13-/m1/s1. The molecule has 0 radical (unpaired) electrons. The molecule has 6 heteroatoms. The molecular weight excluding hydrogens is 262 g/mol. The first-order valence-corrected chi connectivity index (χ1v) is 6.63. The van der Waals surface area contributed by atoms with Gasteiger partial charge in [-0.25, -0.2) is 0 Å². The number of aryl methyl sites for hydroxylation is 1. The summed E-state index contributed by atoms with van der Waals surface area (Å²) in [6.07, 6.45) is 0. The Morgan fingerprint density at radius 3 is 2.68 bits per heavy atom. The highest BCUT2D eigenvalue weighted by Gasteiger charge is 2.24. The molecule has 0 saturated heterocycles. The summed E-state index contributed by atoms with van der Waals surface area (Å²) >= 11 is 1.05. The lowest BCUT2D eigenvalue weighted by atomic mass is 9.96. The molecule has 0 aliphatic heterocycles. The number of hydrogen-bond donors (Lipinski definition) is 2. The van der Waals surface area contributed by atoms with Crippen LogP contribution in [0.25, 0.3) is 0 Å². The highest BCUT2D eigenvalue weighted by Crippen LogP contribution is 2.19. The minimum absolute atomic E-state index is 0.132. The number of aromatic nitrogens is 2. The molecule has 0 saturated carbocycles. The van der Waals surface area contributed by atoms with Crippen LogP contribution in [-0.4, -0.2) is 27.1 Å². The van der Waals surface area contributed by atoms with Gasteiger partial charge in [0.25, 0.3) is 5.91 Å². The summed E-state index contributed by atoms with van der Waals surface area (Å²) in [6.45, 7) is 3.53. The highest BCUT2D eigenvalue weighted by atomic mass is 32.1. The Labute approximate surface area is 115 Å². The fraction of sp³-hybridized carbons (Fsp3) is 0.308.